The van der Waals surface area contributed by atoms with Crippen LogP contribution in [0.2, 0.25) is 0 Å². The molecule has 1 unspecified atom stereocenters. The van der Waals surface area contributed by atoms with Gasteiger partial charge in [0.1, 0.15) is 11.6 Å². The highest BCUT2D eigenvalue weighted by molar-refractivity contribution is 6.03. The van der Waals surface area contributed by atoms with Crippen LogP contribution in [0.4, 0.5) is 10.1 Å². The SMILES string of the molecule is CC(C[C@H]1C(=O)N(c2ccc(F)cc2)[C@@H]1c1ccc(O)cc1)C(=O)O. The lowest BCUT2D eigenvalue weighted by atomic mass is 9.77. The molecular weight excluding hydrogens is 325 g/mol. The van der Waals surface area contributed by atoms with E-state index in [1.807, 2.05) is 0 Å². The Morgan fingerprint density at radius 2 is 1.76 bits per heavy atom. The average molecular weight is 343 g/mol. The third kappa shape index (κ3) is 3.20. The lowest BCUT2D eigenvalue weighted by Gasteiger charge is -2.48. The molecule has 2 aromatic rings. The number of nitrogens with zero attached hydrogens (tertiary/aromatic N) is 1. The standard InChI is InChI=1S/C19H18FNO4/c1-11(19(24)25)10-16-17(12-2-8-15(22)9-3-12)21(18(16)23)14-6-4-13(20)5-7-14/h2-9,11,16-17,22H,10H2,1H3,(H,24,25)/t11?,16-,17-/m1/s1. The average Bonchev–Trinajstić information content (AvgIpc) is 2.59. The Labute approximate surface area is 144 Å². The summed E-state index contributed by atoms with van der Waals surface area (Å²) in [4.78, 5) is 25.4. The minimum absolute atomic E-state index is 0.109. The van der Waals surface area contributed by atoms with Gasteiger partial charge in [0.05, 0.1) is 17.9 Å². The van der Waals surface area contributed by atoms with Crippen LogP contribution in [-0.4, -0.2) is 22.1 Å². The van der Waals surface area contributed by atoms with E-state index < -0.39 is 23.6 Å². The van der Waals surface area contributed by atoms with Crippen LogP contribution in [0.15, 0.2) is 48.5 Å². The van der Waals surface area contributed by atoms with Gasteiger partial charge in [-0.05, 0) is 48.4 Å². The summed E-state index contributed by atoms with van der Waals surface area (Å²) < 4.78 is 13.2. The summed E-state index contributed by atoms with van der Waals surface area (Å²) in [7, 11) is 0. The molecule has 3 rings (SSSR count). The Bertz CT molecular complexity index is 788. The second-order valence-electron chi connectivity index (χ2n) is 6.30. The van der Waals surface area contributed by atoms with Crippen molar-refractivity contribution < 1.29 is 24.2 Å². The molecule has 1 aliphatic heterocycles. The summed E-state index contributed by atoms with van der Waals surface area (Å²) in [6, 6.07) is 11.7. The van der Waals surface area contributed by atoms with Gasteiger partial charge in [-0.15, -0.1) is 0 Å². The number of β-lactam (4-membered cyclic amide) rings is 1. The van der Waals surface area contributed by atoms with Gasteiger partial charge in [0, 0.05) is 5.69 Å². The predicted molar refractivity (Wildman–Crippen MR) is 89.6 cm³/mol. The minimum atomic E-state index is -0.947. The van der Waals surface area contributed by atoms with Gasteiger partial charge in [-0.2, -0.15) is 0 Å². The fourth-order valence-electron chi connectivity index (χ4n) is 3.20. The van der Waals surface area contributed by atoms with Crippen LogP contribution in [0.3, 0.4) is 0 Å². The van der Waals surface area contributed by atoms with Crippen LogP contribution in [0.1, 0.15) is 24.9 Å². The van der Waals surface area contributed by atoms with Gasteiger partial charge < -0.3 is 15.1 Å². The van der Waals surface area contributed by atoms with E-state index in [9.17, 15) is 19.1 Å². The van der Waals surface area contributed by atoms with Gasteiger partial charge in [-0.3, -0.25) is 9.59 Å². The van der Waals surface area contributed by atoms with Crippen LogP contribution in [0.25, 0.3) is 0 Å². The second-order valence-corrected chi connectivity index (χ2v) is 6.30. The number of phenols is 1. The van der Waals surface area contributed by atoms with Crippen LogP contribution in [0.5, 0.6) is 5.75 Å². The van der Waals surface area contributed by atoms with Gasteiger partial charge in [-0.25, -0.2) is 4.39 Å². The molecule has 3 atom stereocenters. The highest BCUT2D eigenvalue weighted by atomic mass is 19.1. The Morgan fingerprint density at radius 1 is 1.16 bits per heavy atom. The number of aliphatic carboxylic acids is 1. The number of halogens is 1. The smallest absolute Gasteiger partial charge is 0.306 e. The summed E-state index contributed by atoms with van der Waals surface area (Å²) >= 11 is 0. The molecule has 5 nitrogen and oxygen atoms in total. The molecule has 0 saturated carbocycles. The Morgan fingerprint density at radius 3 is 2.32 bits per heavy atom. The zero-order valence-corrected chi connectivity index (χ0v) is 13.6. The van der Waals surface area contributed by atoms with Gasteiger partial charge in [0.25, 0.3) is 0 Å². The van der Waals surface area contributed by atoms with Crippen molar-refractivity contribution in [3.63, 3.8) is 0 Å². The number of benzene rings is 2. The number of carboxylic acid groups (broad SMARTS) is 1. The normalized spacial score (nSPS) is 20.9. The quantitative estimate of drug-likeness (QED) is 0.816. The largest absolute Gasteiger partial charge is 0.508 e. The van der Waals surface area contributed by atoms with E-state index in [4.69, 9.17) is 5.11 Å². The van der Waals surface area contributed by atoms with E-state index in [2.05, 4.69) is 0 Å². The van der Waals surface area contributed by atoms with Crippen molar-refractivity contribution in [2.45, 2.75) is 19.4 Å². The first-order valence-electron chi connectivity index (χ1n) is 7.99. The maximum Gasteiger partial charge on any atom is 0.306 e. The molecule has 1 heterocycles. The zero-order chi connectivity index (χ0) is 18.1. The molecule has 2 N–H and O–H groups in total. The van der Waals surface area contributed by atoms with Gasteiger partial charge in [0.2, 0.25) is 5.91 Å². The van der Waals surface area contributed by atoms with Gasteiger partial charge in [0.15, 0.2) is 0 Å². The molecule has 6 heteroatoms. The summed E-state index contributed by atoms with van der Waals surface area (Å²) in [6.45, 7) is 1.57. The highest BCUT2D eigenvalue weighted by Gasteiger charge is 2.49. The summed E-state index contributed by atoms with van der Waals surface area (Å²) in [5.74, 6) is -2.54. The fraction of sp³-hybridized carbons (Fsp3) is 0.263. The molecule has 1 aliphatic rings. The third-order valence-corrected chi connectivity index (χ3v) is 4.58. The first-order chi connectivity index (χ1) is 11.9. The number of carboxylic acids is 1. The van der Waals surface area contributed by atoms with Crippen LogP contribution >= 0.6 is 0 Å². The maximum absolute atomic E-state index is 13.2. The van der Waals surface area contributed by atoms with E-state index in [0.717, 1.165) is 5.56 Å². The van der Waals surface area contributed by atoms with Crippen molar-refractivity contribution in [1.82, 2.24) is 0 Å². The molecular formula is C19H18FNO4. The fourth-order valence-corrected chi connectivity index (χ4v) is 3.20. The number of aromatic hydroxyl groups is 1. The number of amides is 1. The molecule has 2 aromatic carbocycles. The maximum atomic E-state index is 13.2. The zero-order valence-electron chi connectivity index (χ0n) is 13.6. The second kappa shape index (κ2) is 6.55. The van der Waals surface area contributed by atoms with Crippen LogP contribution in [-0.2, 0) is 9.59 Å². The lowest BCUT2D eigenvalue weighted by Crippen LogP contribution is -2.56. The number of anilines is 1. The minimum Gasteiger partial charge on any atom is -0.508 e. The molecule has 25 heavy (non-hydrogen) atoms. The monoisotopic (exact) mass is 343 g/mol. The molecule has 130 valence electrons. The summed E-state index contributed by atoms with van der Waals surface area (Å²) in [5.41, 5.74) is 1.35. The number of carbonyl (C=O) groups excluding carboxylic acids is 1. The Kier molecular flexibility index (Phi) is 4.44. The number of carbonyl (C=O) groups is 2. The molecule has 0 spiro atoms. The van der Waals surface area contributed by atoms with E-state index in [1.165, 1.54) is 36.4 Å². The molecule has 0 radical (unpaired) electrons. The summed E-state index contributed by atoms with van der Waals surface area (Å²) in [5, 5.41) is 18.6. The van der Waals surface area contributed by atoms with E-state index >= 15 is 0 Å². The number of hydrogen-bond donors (Lipinski definition) is 2. The van der Waals surface area contributed by atoms with Gasteiger partial charge >= 0.3 is 5.97 Å². The van der Waals surface area contributed by atoms with Crippen molar-refractivity contribution in [3.05, 3.63) is 59.9 Å². The number of phenolic OH excluding ortho intramolecular Hbond substituents is 1. The molecule has 0 bridgehead atoms. The predicted octanol–water partition coefficient (Wildman–Crippen LogP) is 3.35. The molecule has 1 fully saturated rings. The third-order valence-electron chi connectivity index (χ3n) is 4.58. The van der Waals surface area contributed by atoms with Crippen molar-refractivity contribution in [2.24, 2.45) is 11.8 Å². The van der Waals surface area contributed by atoms with E-state index in [0.29, 0.717) is 5.69 Å². The first-order valence-corrected chi connectivity index (χ1v) is 7.99. The number of rotatable bonds is 5. The molecule has 0 aliphatic carbocycles. The first kappa shape index (κ1) is 17.0. The summed E-state index contributed by atoms with van der Waals surface area (Å²) in [6.07, 6.45) is 0.220. The van der Waals surface area contributed by atoms with Gasteiger partial charge in [-0.1, -0.05) is 19.1 Å². The highest BCUT2D eigenvalue weighted by Crippen LogP contribution is 2.46. The van der Waals surface area contributed by atoms with Crippen LogP contribution in [0, 0.1) is 17.7 Å². The van der Waals surface area contributed by atoms with E-state index in [1.54, 1.807) is 24.0 Å². The lowest BCUT2D eigenvalue weighted by molar-refractivity contribution is -0.143. The van der Waals surface area contributed by atoms with Crippen molar-refractivity contribution in [3.8, 4) is 5.75 Å². The molecule has 0 aromatic heterocycles. The number of hydrogen-bond acceptors (Lipinski definition) is 3. The van der Waals surface area contributed by atoms with Crippen molar-refractivity contribution >= 4 is 17.6 Å². The Hall–Kier alpha value is -2.89. The van der Waals surface area contributed by atoms with Crippen LogP contribution < -0.4 is 4.90 Å². The van der Waals surface area contributed by atoms with Crippen molar-refractivity contribution in [2.75, 3.05) is 4.90 Å². The topological polar surface area (TPSA) is 77.8 Å². The van der Waals surface area contributed by atoms with Crippen molar-refractivity contribution in [1.29, 1.82) is 0 Å². The van der Waals surface area contributed by atoms with E-state index in [-0.39, 0.29) is 24.1 Å². The molecule has 1 saturated heterocycles. The Balaban J connectivity index is 1.94. The molecule has 1 amide bonds.